The van der Waals surface area contributed by atoms with Crippen molar-refractivity contribution < 1.29 is 4.79 Å². The van der Waals surface area contributed by atoms with Gasteiger partial charge in [0.2, 0.25) is 5.91 Å². The number of carbonyl (C=O) groups excluding carboxylic acids is 1. The summed E-state index contributed by atoms with van der Waals surface area (Å²) in [6.45, 7) is 5.52. The minimum Gasteiger partial charge on any atom is -0.363 e. The molecule has 2 aliphatic rings. The SMILES string of the molecule is O=C(C(c1ccc[nH]1)N1CCCCCC1)N1CCNCC1. The normalized spacial score (nSPS) is 22.8. The van der Waals surface area contributed by atoms with Crippen LogP contribution in [0.25, 0.3) is 0 Å². The molecule has 0 bridgehead atoms. The first-order valence-corrected chi connectivity index (χ1v) is 8.23. The quantitative estimate of drug-likeness (QED) is 0.884. The van der Waals surface area contributed by atoms with E-state index < -0.39 is 0 Å². The minimum absolute atomic E-state index is 0.129. The first-order chi connectivity index (χ1) is 10.4. The monoisotopic (exact) mass is 290 g/mol. The van der Waals surface area contributed by atoms with Gasteiger partial charge in [-0.1, -0.05) is 12.8 Å². The highest BCUT2D eigenvalue weighted by Gasteiger charge is 2.32. The van der Waals surface area contributed by atoms with E-state index in [2.05, 4.69) is 21.3 Å². The van der Waals surface area contributed by atoms with Gasteiger partial charge in [-0.15, -0.1) is 0 Å². The van der Waals surface area contributed by atoms with E-state index in [4.69, 9.17) is 0 Å². The second-order valence-electron chi connectivity index (χ2n) is 6.05. The molecule has 5 nitrogen and oxygen atoms in total. The Hall–Kier alpha value is -1.33. The number of nitrogens with zero attached hydrogens (tertiary/aromatic N) is 2. The highest BCUT2D eigenvalue weighted by molar-refractivity contribution is 5.83. The lowest BCUT2D eigenvalue weighted by molar-refractivity contribution is -0.138. The van der Waals surface area contributed by atoms with Crippen LogP contribution in [-0.2, 0) is 4.79 Å². The van der Waals surface area contributed by atoms with Gasteiger partial charge in [-0.3, -0.25) is 9.69 Å². The van der Waals surface area contributed by atoms with E-state index >= 15 is 0 Å². The zero-order valence-corrected chi connectivity index (χ0v) is 12.7. The maximum atomic E-state index is 13.0. The molecule has 1 atom stereocenters. The number of rotatable bonds is 3. The summed E-state index contributed by atoms with van der Waals surface area (Å²) in [7, 11) is 0. The number of amides is 1. The van der Waals surface area contributed by atoms with Gasteiger partial charge in [-0.05, 0) is 38.1 Å². The molecule has 21 heavy (non-hydrogen) atoms. The second kappa shape index (κ2) is 7.09. The van der Waals surface area contributed by atoms with Crippen molar-refractivity contribution in [2.75, 3.05) is 39.3 Å². The van der Waals surface area contributed by atoms with Gasteiger partial charge < -0.3 is 15.2 Å². The maximum Gasteiger partial charge on any atom is 0.246 e. The molecule has 0 radical (unpaired) electrons. The Morgan fingerprint density at radius 3 is 2.38 bits per heavy atom. The van der Waals surface area contributed by atoms with Crippen LogP contribution in [0.15, 0.2) is 18.3 Å². The number of likely N-dealkylation sites (tertiary alicyclic amines) is 1. The third kappa shape index (κ3) is 3.47. The number of hydrogen-bond acceptors (Lipinski definition) is 3. The zero-order valence-electron chi connectivity index (χ0n) is 12.7. The summed E-state index contributed by atoms with van der Waals surface area (Å²) < 4.78 is 0. The molecule has 1 unspecified atom stereocenters. The third-order valence-corrected chi connectivity index (χ3v) is 4.58. The van der Waals surface area contributed by atoms with Gasteiger partial charge >= 0.3 is 0 Å². The lowest BCUT2D eigenvalue weighted by Crippen LogP contribution is -2.51. The van der Waals surface area contributed by atoms with E-state index in [9.17, 15) is 4.79 Å². The Labute approximate surface area is 126 Å². The highest BCUT2D eigenvalue weighted by atomic mass is 16.2. The van der Waals surface area contributed by atoms with Crippen molar-refractivity contribution in [1.29, 1.82) is 0 Å². The molecule has 0 aliphatic carbocycles. The van der Waals surface area contributed by atoms with Crippen LogP contribution in [-0.4, -0.2) is 60.0 Å². The zero-order chi connectivity index (χ0) is 14.5. The predicted molar refractivity (Wildman–Crippen MR) is 83.0 cm³/mol. The summed E-state index contributed by atoms with van der Waals surface area (Å²) in [6, 6.07) is 3.91. The molecule has 2 aliphatic heterocycles. The van der Waals surface area contributed by atoms with E-state index in [1.165, 1.54) is 25.7 Å². The van der Waals surface area contributed by atoms with Crippen molar-refractivity contribution in [3.63, 3.8) is 0 Å². The van der Waals surface area contributed by atoms with Crippen molar-refractivity contribution in [2.24, 2.45) is 0 Å². The van der Waals surface area contributed by atoms with Crippen LogP contribution in [0, 0.1) is 0 Å². The van der Waals surface area contributed by atoms with Crippen LogP contribution < -0.4 is 5.32 Å². The van der Waals surface area contributed by atoms with E-state index in [-0.39, 0.29) is 11.9 Å². The fourth-order valence-corrected chi connectivity index (χ4v) is 3.41. The molecule has 5 heteroatoms. The van der Waals surface area contributed by atoms with Crippen LogP contribution >= 0.6 is 0 Å². The third-order valence-electron chi connectivity index (χ3n) is 4.58. The molecule has 0 saturated carbocycles. The van der Waals surface area contributed by atoms with Crippen molar-refractivity contribution in [3.8, 4) is 0 Å². The number of aromatic nitrogens is 1. The van der Waals surface area contributed by atoms with Crippen molar-refractivity contribution in [2.45, 2.75) is 31.7 Å². The number of aromatic amines is 1. The van der Waals surface area contributed by atoms with E-state index in [1.54, 1.807) is 0 Å². The topological polar surface area (TPSA) is 51.4 Å². The fraction of sp³-hybridized carbons (Fsp3) is 0.688. The van der Waals surface area contributed by atoms with Crippen LogP contribution in [0.2, 0.25) is 0 Å². The molecule has 2 N–H and O–H groups in total. The van der Waals surface area contributed by atoms with E-state index in [0.29, 0.717) is 0 Å². The van der Waals surface area contributed by atoms with Gasteiger partial charge in [-0.2, -0.15) is 0 Å². The highest BCUT2D eigenvalue weighted by Crippen LogP contribution is 2.25. The molecule has 0 spiro atoms. The standard InChI is InChI=1S/C16H26N4O/c21-16(20-12-8-17-9-13-20)15(14-6-5-7-18-14)19-10-3-1-2-4-11-19/h5-7,15,17-18H,1-4,8-13H2. The Bertz CT molecular complexity index is 431. The molecule has 3 heterocycles. The van der Waals surface area contributed by atoms with E-state index in [1.807, 2.05) is 17.2 Å². The Morgan fingerprint density at radius 2 is 1.76 bits per heavy atom. The molecule has 2 fully saturated rings. The summed E-state index contributed by atoms with van der Waals surface area (Å²) in [5.74, 6) is 0.265. The van der Waals surface area contributed by atoms with Gasteiger partial charge in [0.25, 0.3) is 0 Å². The molecule has 1 aromatic heterocycles. The van der Waals surface area contributed by atoms with Crippen LogP contribution in [0.4, 0.5) is 0 Å². The maximum absolute atomic E-state index is 13.0. The van der Waals surface area contributed by atoms with Crippen LogP contribution in [0.1, 0.15) is 37.4 Å². The van der Waals surface area contributed by atoms with Crippen molar-refractivity contribution >= 4 is 5.91 Å². The average Bonchev–Trinajstić information content (AvgIpc) is 2.91. The second-order valence-corrected chi connectivity index (χ2v) is 6.05. The lowest BCUT2D eigenvalue weighted by atomic mass is 10.1. The smallest absolute Gasteiger partial charge is 0.246 e. The van der Waals surface area contributed by atoms with Gasteiger partial charge in [0.05, 0.1) is 0 Å². The van der Waals surface area contributed by atoms with Crippen molar-refractivity contribution in [1.82, 2.24) is 20.1 Å². The van der Waals surface area contributed by atoms with Gasteiger partial charge in [-0.25, -0.2) is 0 Å². The first-order valence-electron chi connectivity index (χ1n) is 8.23. The summed E-state index contributed by atoms with van der Waals surface area (Å²) in [4.78, 5) is 20.7. The molecule has 0 aromatic carbocycles. The van der Waals surface area contributed by atoms with Crippen LogP contribution in [0.3, 0.4) is 0 Å². The Morgan fingerprint density at radius 1 is 1.05 bits per heavy atom. The van der Waals surface area contributed by atoms with Gasteiger partial charge in [0.1, 0.15) is 6.04 Å². The molecule has 1 aromatic rings. The van der Waals surface area contributed by atoms with Crippen LogP contribution in [0.5, 0.6) is 0 Å². The molecular formula is C16H26N4O. The van der Waals surface area contributed by atoms with Gasteiger partial charge in [0, 0.05) is 38.1 Å². The number of H-pyrrole nitrogens is 1. The number of carbonyl (C=O) groups is 1. The molecule has 116 valence electrons. The first kappa shape index (κ1) is 14.6. The molecular weight excluding hydrogens is 264 g/mol. The molecule has 3 rings (SSSR count). The average molecular weight is 290 g/mol. The molecule has 1 amide bonds. The number of hydrogen-bond donors (Lipinski definition) is 2. The Kier molecular flexibility index (Phi) is 4.93. The lowest BCUT2D eigenvalue weighted by Gasteiger charge is -2.35. The summed E-state index contributed by atoms with van der Waals surface area (Å²) >= 11 is 0. The number of nitrogens with one attached hydrogen (secondary N) is 2. The van der Waals surface area contributed by atoms with Gasteiger partial charge in [0.15, 0.2) is 0 Å². The minimum atomic E-state index is -0.129. The predicted octanol–water partition coefficient (Wildman–Crippen LogP) is 1.36. The summed E-state index contributed by atoms with van der Waals surface area (Å²) in [6.07, 6.45) is 6.90. The molecule has 2 saturated heterocycles. The van der Waals surface area contributed by atoms with E-state index in [0.717, 1.165) is 45.0 Å². The Balaban J connectivity index is 1.79. The summed E-state index contributed by atoms with van der Waals surface area (Å²) in [5, 5.41) is 3.32. The van der Waals surface area contributed by atoms with Crippen molar-refractivity contribution in [3.05, 3.63) is 24.0 Å². The fourth-order valence-electron chi connectivity index (χ4n) is 3.41. The number of piperazine rings is 1. The summed E-state index contributed by atoms with van der Waals surface area (Å²) in [5.41, 5.74) is 1.04. The largest absolute Gasteiger partial charge is 0.363 e.